The summed E-state index contributed by atoms with van der Waals surface area (Å²) < 4.78 is 5.43. The van der Waals surface area contributed by atoms with E-state index in [1.807, 2.05) is 60.4 Å². The van der Waals surface area contributed by atoms with Crippen LogP contribution in [0.2, 0.25) is 0 Å². The Morgan fingerprint density at radius 2 is 1.71 bits per heavy atom. The second kappa shape index (κ2) is 7.94. The molecule has 0 spiro atoms. The molecule has 28 heavy (non-hydrogen) atoms. The molecule has 1 aliphatic rings. The summed E-state index contributed by atoms with van der Waals surface area (Å²) in [5.41, 5.74) is 3.96. The van der Waals surface area contributed by atoms with Crippen LogP contribution in [0.15, 0.2) is 53.1 Å². The Morgan fingerprint density at radius 3 is 2.43 bits per heavy atom. The SMILES string of the molecule is Cc1ccc(-c2noc(CN3CCN(C(=O)c4ccccc4C)CC3)n2)cc1. The van der Waals surface area contributed by atoms with Crippen LogP contribution >= 0.6 is 0 Å². The number of carbonyl (C=O) groups is 1. The van der Waals surface area contributed by atoms with E-state index in [4.69, 9.17) is 4.52 Å². The second-order valence-electron chi connectivity index (χ2n) is 7.26. The highest BCUT2D eigenvalue weighted by molar-refractivity contribution is 5.95. The smallest absolute Gasteiger partial charge is 0.254 e. The summed E-state index contributed by atoms with van der Waals surface area (Å²) in [6.07, 6.45) is 0. The zero-order chi connectivity index (χ0) is 19.5. The predicted octanol–water partition coefficient (Wildman–Crippen LogP) is 3.31. The summed E-state index contributed by atoms with van der Waals surface area (Å²) in [6, 6.07) is 15.8. The summed E-state index contributed by atoms with van der Waals surface area (Å²) in [7, 11) is 0. The van der Waals surface area contributed by atoms with Crippen LogP contribution in [0.1, 0.15) is 27.4 Å². The van der Waals surface area contributed by atoms with Gasteiger partial charge in [-0.25, -0.2) is 0 Å². The zero-order valence-electron chi connectivity index (χ0n) is 16.3. The summed E-state index contributed by atoms with van der Waals surface area (Å²) >= 11 is 0. The molecule has 1 saturated heterocycles. The molecule has 0 radical (unpaired) electrons. The Balaban J connectivity index is 1.34. The third-order valence-electron chi connectivity index (χ3n) is 5.17. The lowest BCUT2D eigenvalue weighted by molar-refractivity contribution is 0.0614. The first-order valence-electron chi connectivity index (χ1n) is 9.57. The lowest BCUT2D eigenvalue weighted by Crippen LogP contribution is -2.48. The maximum absolute atomic E-state index is 12.7. The molecule has 2 aromatic carbocycles. The molecule has 6 heteroatoms. The van der Waals surface area contributed by atoms with Crippen LogP contribution in [-0.2, 0) is 6.54 Å². The minimum absolute atomic E-state index is 0.109. The van der Waals surface area contributed by atoms with E-state index in [2.05, 4.69) is 22.0 Å². The van der Waals surface area contributed by atoms with E-state index in [1.54, 1.807) is 0 Å². The quantitative estimate of drug-likeness (QED) is 0.699. The van der Waals surface area contributed by atoms with E-state index in [0.717, 1.165) is 29.8 Å². The molecule has 6 nitrogen and oxygen atoms in total. The third-order valence-corrected chi connectivity index (χ3v) is 5.17. The molecule has 1 amide bonds. The normalized spacial score (nSPS) is 15.0. The van der Waals surface area contributed by atoms with Gasteiger partial charge in [-0.15, -0.1) is 0 Å². The molecule has 144 valence electrons. The Morgan fingerprint density at radius 1 is 1.00 bits per heavy atom. The molecule has 0 unspecified atom stereocenters. The van der Waals surface area contributed by atoms with Gasteiger partial charge in [0.25, 0.3) is 5.91 Å². The van der Waals surface area contributed by atoms with Crippen LogP contribution in [0.3, 0.4) is 0 Å². The molecule has 3 aromatic rings. The van der Waals surface area contributed by atoms with Crippen molar-refractivity contribution in [1.82, 2.24) is 19.9 Å². The lowest BCUT2D eigenvalue weighted by atomic mass is 10.1. The fraction of sp³-hybridized carbons (Fsp3) is 0.318. The molecule has 1 aromatic heterocycles. The van der Waals surface area contributed by atoms with E-state index in [-0.39, 0.29) is 5.91 Å². The summed E-state index contributed by atoms with van der Waals surface area (Å²) in [6.45, 7) is 7.61. The first kappa shape index (κ1) is 18.4. The minimum atomic E-state index is 0.109. The first-order valence-corrected chi connectivity index (χ1v) is 9.57. The number of rotatable bonds is 4. The molecule has 0 N–H and O–H groups in total. The van der Waals surface area contributed by atoms with Crippen LogP contribution in [-0.4, -0.2) is 52.0 Å². The molecule has 1 fully saturated rings. The van der Waals surface area contributed by atoms with E-state index in [9.17, 15) is 4.79 Å². The van der Waals surface area contributed by atoms with Crippen molar-refractivity contribution in [1.29, 1.82) is 0 Å². The maximum Gasteiger partial charge on any atom is 0.254 e. The van der Waals surface area contributed by atoms with E-state index in [1.165, 1.54) is 5.56 Å². The van der Waals surface area contributed by atoms with Crippen LogP contribution < -0.4 is 0 Å². The van der Waals surface area contributed by atoms with Gasteiger partial charge in [-0.2, -0.15) is 4.98 Å². The van der Waals surface area contributed by atoms with Crippen molar-refractivity contribution in [3.8, 4) is 11.4 Å². The number of carbonyl (C=O) groups excluding carboxylic acids is 1. The molecule has 0 saturated carbocycles. The van der Waals surface area contributed by atoms with Gasteiger partial charge in [0.15, 0.2) is 0 Å². The number of benzene rings is 2. The van der Waals surface area contributed by atoms with Crippen LogP contribution in [0.25, 0.3) is 11.4 Å². The third kappa shape index (κ3) is 3.97. The van der Waals surface area contributed by atoms with Crippen molar-refractivity contribution in [3.63, 3.8) is 0 Å². The van der Waals surface area contributed by atoms with Gasteiger partial charge < -0.3 is 9.42 Å². The predicted molar refractivity (Wildman–Crippen MR) is 107 cm³/mol. The minimum Gasteiger partial charge on any atom is -0.338 e. The average molecular weight is 376 g/mol. The monoisotopic (exact) mass is 376 g/mol. The zero-order valence-corrected chi connectivity index (χ0v) is 16.3. The van der Waals surface area contributed by atoms with Gasteiger partial charge in [0.1, 0.15) is 0 Å². The molecule has 2 heterocycles. The number of nitrogens with zero attached hydrogens (tertiary/aromatic N) is 4. The topological polar surface area (TPSA) is 62.5 Å². The molecular formula is C22H24N4O2. The van der Waals surface area contributed by atoms with E-state index < -0.39 is 0 Å². The van der Waals surface area contributed by atoms with Gasteiger partial charge >= 0.3 is 0 Å². The van der Waals surface area contributed by atoms with Crippen molar-refractivity contribution >= 4 is 5.91 Å². The highest BCUT2D eigenvalue weighted by Gasteiger charge is 2.24. The Labute approximate surface area is 164 Å². The standard InChI is InChI=1S/C22H24N4O2/c1-16-7-9-18(10-8-16)21-23-20(28-24-21)15-25-11-13-26(14-12-25)22(27)19-6-4-3-5-17(19)2/h3-10H,11-15H2,1-2H3. The molecule has 1 aliphatic heterocycles. The number of hydrogen-bond donors (Lipinski definition) is 0. The Bertz CT molecular complexity index is 957. The molecule has 0 bridgehead atoms. The Hall–Kier alpha value is -2.99. The van der Waals surface area contributed by atoms with Gasteiger partial charge in [0, 0.05) is 37.3 Å². The first-order chi connectivity index (χ1) is 13.6. The van der Waals surface area contributed by atoms with Gasteiger partial charge in [-0.3, -0.25) is 9.69 Å². The number of hydrogen-bond acceptors (Lipinski definition) is 5. The summed E-state index contributed by atoms with van der Waals surface area (Å²) in [5.74, 6) is 1.33. The maximum atomic E-state index is 12.7. The van der Waals surface area contributed by atoms with Gasteiger partial charge in [-0.1, -0.05) is 53.2 Å². The molecular weight excluding hydrogens is 352 g/mol. The van der Waals surface area contributed by atoms with Crippen molar-refractivity contribution in [3.05, 3.63) is 71.1 Å². The summed E-state index contributed by atoms with van der Waals surface area (Å²) in [4.78, 5) is 21.4. The number of piperazine rings is 1. The van der Waals surface area contributed by atoms with Crippen LogP contribution in [0.4, 0.5) is 0 Å². The molecule has 0 aliphatic carbocycles. The van der Waals surface area contributed by atoms with E-state index in [0.29, 0.717) is 31.3 Å². The van der Waals surface area contributed by atoms with Gasteiger partial charge in [0.05, 0.1) is 6.54 Å². The number of amides is 1. The van der Waals surface area contributed by atoms with Crippen LogP contribution in [0.5, 0.6) is 0 Å². The average Bonchev–Trinajstić information content (AvgIpc) is 3.17. The number of aryl methyl sites for hydroxylation is 2. The largest absolute Gasteiger partial charge is 0.338 e. The van der Waals surface area contributed by atoms with E-state index >= 15 is 0 Å². The highest BCUT2D eigenvalue weighted by atomic mass is 16.5. The van der Waals surface area contributed by atoms with Crippen LogP contribution in [0, 0.1) is 13.8 Å². The number of aromatic nitrogens is 2. The summed E-state index contributed by atoms with van der Waals surface area (Å²) in [5, 5.41) is 4.10. The fourth-order valence-electron chi connectivity index (χ4n) is 3.42. The molecule has 0 atom stereocenters. The highest BCUT2D eigenvalue weighted by Crippen LogP contribution is 2.18. The lowest BCUT2D eigenvalue weighted by Gasteiger charge is -2.34. The fourth-order valence-corrected chi connectivity index (χ4v) is 3.42. The van der Waals surface area contributed by atoms with Crippen molar-refractivity contribution in [2.24, 2.45) is 0 Å². The van der Waals surface area contributed by atoms with Crippen molar-refractivity contribution < 1.29 is 9.32 Å². The van der Waals surface area contributed by atoms with Crippen molar-refractivity contribution in [2.45, 2.75) is 20.4 Å². The molecule has 4 rings (SSSR count). The Kier molecular flexibility index (Phi) is 5.21. The van der Waals surface area contributed by atoms with Gasteiger partial charge in [0.2, 0.25) is 11.7 Å². The van der Waals surface area contributed by atoms with Crippen molar-refractivity contribution in [2.75, 3.05) is 26.2 Å². The second-order valence-corrected chi connectivity index (χ2v) is 7.26. The van der Waals surface area contributed by atoms with Gasteiger partial charge in [-0.05, 0) is 25.5 Å².